The van der Waals surface area contributed by atoms with Crippen molar-refractivity contribution in [1.82, 2.24) is 19.9 Å². The number of nitrogens with zero attached hydrogens (tertiary/aromatic N) is 5. The minimum absolute atomic E-state index is 0.407. The van der Waals surface area contributed by atoms with Crippen molar-refractivity contribution < 1.29 is 4.74 Å². The summed E-state index contributed by atoms with van der Waals surface area (Å²) in [5.74, 6) is 1.33. The lowest BCUT2D eigenvalue weighted by Gasteiger charge is -2.28. The van der Waals surface area contributed by atoms with Gasteiger partial charge in [-0.1, -0.05) is 34.1 Å². The van der Waals surface area contributed by atoms with Gasteiger partial charge in [0.05, 0.1) is 30.0 Å². The smallest absolute Gasteiger partial charge is 0.165 e. The third kappa shape index (κ3) is 3.59. The molecule has 0 radical (unpaired) electrons. The van der Waals surface area contributed by atoms with Gasteiger partial charge >= 0.3 is 0 Å². The molecule has 0 amide bonds. The molecule has 1 aliphatic heterocycles. The second-order valence-electron chi connectivity index (χ2n) is 7.00. The molecule has 0 unspecified atom stereocenters. The van der Waals surface area contributed by atoms with Gasteiger partial charge < -0.3 is 15.4 Å². The van der Waals surface area contributed by atoms with Gasteiger partial charge in [-0.15, -0.1) is 0 Å². The number of aromatic nitrogens is 4. The summed E-state index contributed by atoms with van der Waals surface area (Å²) in [6, 6.07) is 16.1. The van der Waals surface area contributed by atoms with Crippen LogP contribution in [0, 0.1) is 0 Å². The van der Waals surface area contributed by atoms with Gasteiger partial charge in [0.25, 0.3) is 0 Å². The topological polar surface area (TPSA) is 90.0 Å². The lowest BCUT2D eigenvalue weighted by molar-refractivity contribution is 0.122. The number of rotatable bonds is 3. The fraction of sp³-hybridized carbons (Fsp3) is 0.182. The van der Waals surface area contributed by atoms with E-state index in [4.69, 9.17) is 20.4 Å². The van der Waals surface area contributed by atoms with Crippen molar-refractivity contribution in [2.24, 2.45) is 0 Å². The van der Waals surface area contributed by atoms with E-state index in [1.807, 2.05) is 48.5 Å². The molecule has 3 aromatic heterocycles. The first kappa shape index (κ1) is 18.9. The number of nitrogen functional groups attached to an aromatic ring is 1. The highest BCUT2D eigenvalue weighted by Gasteiger charge is 2.17. The normalized spacial score (nSPS) is 14.2. The quantitative estimate of drug-likeness (QED) is 0.492. The van der Waals surface area contributed by atoms with Gasteiger partial charge in [-0.3, -0.25) is 0 Å². The minimum atomic E-state index is 0.407. The number of pyridine rings is 2. The first-order valence-electron chi connectivity index (χ1n) is 9.66. The van der Waals surface area contributed by atoms with Gasteiger partial charge in [0.15, 0.2) is 5.65 Å². The van der Waals surface area contributed by atoms with Crippen molar-refractivity contribution in [3.63, 3.8) is 0 Å². The van der Waals surface area contributed by atoms with Crippen molar-refractivity contribution in [2.45, 2.75) is 0 Å². The lowest BCUT2D eigenvalue weighted by Crippen LogP contribution is -2.36. The minimum Gasteiger partial charge on any atom is -0.383 e. The van der Waals surface area contributed by atoms with Gasteiger partial charge in [-0.05, 0) is 41.5 Å². The Labute approximate surface area is 182 Å². The standard InChI is InChI=1S/C22H19BrN6O/c23-15-4-1-3-14(11-15)16-12-18(28-22-20(16)21(24)25-13-26-22)17-5-2-6-19(27-17)29-7-9-30-10-8-29/h1-6,11-13H,7-10H2,(H2,24,25,26,28). The van der Waals surface area contributed by atoms with E-state index in [0.717, 1.165) is 51.3 Å². The maximum absolute atomic E-state index is 6.21. The molecule has 0 spiro atoms. The van der Waals surface area contributed by atoms with Crippen molar-refractivity contribution in [1.29, 1.82) is 0 Å². The van der Waals surface area contributed by atoms with Crippen molar-refractivity contribution >= 4 is 38.6 Å². The van der Waals surface area contributed by atoms with E-state index in [1.165, 1.54) is 6.33 Å². The number of hydrogen-bond acceptors (Lipinski definition) is 7. The molecule has 7 nitrogen and oxygen atoms in total. The molecule has 1 aromatic carbocycles. The van der Waals surface area contributed by atoms with E-state index >= 15 is 0 Å². The molecule has 30 heavy (non-hydrogen) atoms. The average Bonchev–Trinajstić information content (AvgIpc) is 2.79. The Morgan fingerprint density at radius 3 is 2.60 bits per heavy atom. The molecule has 5 rings (SSSR count). The summed E-state index contributed by atoms with van der Waals surface area (Å²) in [5.41, 5.74) is 10.2. The SMILES string of the molecule is Nc1ncnc2nc(-c3cccc(N4CCOCC4)n3)cc(-c3cccc(Br)c3)c12. The van der Waals surface area contributed by atoms with E-state index in [2.05, 4.69) is 30.8 Å². The van der Waals surface area contributed by atoms with Crippen LogP contribution in [0.4, 0.5) is 11.6 Å². The number of nitrogens with two attached hydrogens (primary N) is 1. The lowest BCUT2D eigenvalue weighted by atomic mass is 10.0. The highest BCUT2D eigenvalue weighted by atomic mass is 79.9. The Morgan fingerprint density at radius 2 is 1.77 bits per heavy atom. The van der Waals surface area contributed by atoms with Crippen LogP contribution in [0.25, 0.3) is 33.5 Å². The number of anilines is 2. The van der Waals surface area contributed by atoms with Crippen LogP contribution in [0.15, 0.2) is 59.3 Å². The molecule has 1 aliphatic rings. The molecule has 0 aliphatic carbocycles. The first-order chi connectivity index (χ1) is 14.7. The Bertz CT molecular complexity index is 1230. The summed E-state index contributed by atoms with van der Waals surface area (Å²) in [7, 11) is 0. The Balaban J connectivity index is 1.67. The fourth-order valence-corrected chi connectivity index (χ4v) is 4.04. The maximum atomic E-state index is 6.21. The molecular weight excluding hydrogens is 444 g/mol. The number of fused-ring (bicyclic) bond motifs is 1. The number of halogens is 1. The van der Waals surface area contributed by atoms with Gasteiger partial charge in [0, 0.05) is 17.6 Å². The molecule has 0 atom stereocenters. The van der Waals surface area contributed by atoms with Crippen LogP contribution >= 0.6 is 15.9 Å². The molecule has 0 bridgehead atoms. The average molecular weight is 463 g/mol. The molecule has 4 heterocycles. The van der Waals surface area contributed by atoms with Gasteiger partial charge in [0.2, 0.25) is 0 Å². The number of ether oxygens (including phenoxy) is 1. The predicted octanol–water partition coefficient (Wildman–Crippen LogP) is 3.94. The van der Waals surface area contributed by atoms with Crippen LogP contribution in [-0.2, 0) is 4.74 Å². The van der Waals surface area contributed by atoms with Crippen LogP contribution in [0.2, 0.25) is 0 Å². The summed E-state index contributed by atoms with van der Waals surface area (Å²) < 4.78 is 6.44. The number of hydrogen-bond donors (Lipinski definition) is 1. The van der Waals surface area contributed by atoms with E-state index in [0.29, 0.717) is 24.7 Å². The van der Waals surface area contributed by atoms with Crippen LogP contribution in [0.3, 0.4) is 0 Å². The molecule has 150 valence electrons. The number of morpholine rings is 1. The van der Waals surface area contributed by atoms with Crippen molar-refractivity contribution in [3.05, 3.63) is 59.3 Å². The third-order valence-electron chi connectivity index (χ3n) is 5.10. The molecule has 8 heteroatoms. The summed E-state index contributed by atoms with van der Waals surface area (Å²) in [6.45, 7) is 3.08. The second kappa shape index (κ2) is 7.97. The Kier molecular flexibility index (Phi) is 5.02. The van der Waals surface area contributed by atoms with Crippen molar-refractivity contribution in [3.8, 4) is 22.5 Å². The molecule has 0 saturated carbocycles. The summed E-state index contributed by atoms with van der Waals surface area (Å²) in [6.07, 6.45) is 1.44. The Hall–Kier alpha value is -3.10. The third-order valence-corrected chi connectivity index (χ3v) is 5.59. The molecule has 1 fully saturated rings. The van der Waals surface area contributed by atoms with Crippen LogP contribution < -0.4 is 10.6 Å². The molecule has 4 aromatic rings. The zero-order valence-electron chi connectivity index (χ0n) is 16.1. The summed E-state index contributed by atoms with van der Waals surface area (Å²) in [4.78, 5) is 20.4. The fourth-order valence-electron chi connectivity index (χ4n) is 3.64. The monoisotopic (exact) mass is 462 g/mol. The summed E-state index contributed by atoms with van der Waals surface area (Å²) in [5, 5.41) is 0.740. The van der Waals surface area contributed by atoms with Gasteiger partial charge in [-0.25, -0.2) is 19.9 Å². The molecule has 1 saturated heterocycles. The van der Waals surface area contributed by atoms with E-state index < -0.39 is 0 Å². The second-order valence-corrected chi connectivity index (χ2v) is 7.92. The van der Waals surface area contributed by atoms with Gasteiger partial charge in [-0.2, -0.15) is 0 Å². The largest absolute Gasteiger partial charge is 0.383 e. The highest BCUT2D eigenvalue weighted by molar-refractivity contribution is 9.10. The molecule has 2 N–H and O–H groups in total. The zero-order valence-corrected chi connectivity index (χ0v) is 17.7. The number of benzene rings is 1. The zero-order chi connectivity index (χ0) is 20.5. The van der Waals surface area contributed by atoms with Crippen LogP contribution in [-0.4, -0.2) is 46.2 Å². The van der Waals surface area contributed by atoms with Crippen LogP contribution in [0.5, 0.6) is 0 Å². The van der Waals surface area contributed by atoms with E-state index in [1.54, 1.807) is 0 Å². The molecular formula is C22H19BrN6O. The van der Waals surface area contributed by atoms with E-state index in [-0.39, 0.29) is 0 Å². The highest BCUT2D eigenvalue weighted by Crippen LogP contribution is 2.34. The van der Waals surface area contributed by atoms with Gasteiger partial charge in [0.1, 0.15) is 18.0 Å². The Morgan fingerprint density at radius 1 is 0.933 bits per heavy atom. The van der Waals surface area contributed by atoms with Crippen LogP contribution in [0.1, 0.15) is 0 Å². The predicted molar refractivity (Wildman–Crippen MR) is 121 cm³/mol. The summed E-state index contributed by atoms with van der Waals surface area (Å²) >= 11 is 3.55. The van der Waals surface area contributed by atoms with E-state index in [9.17, 15) is 0 Å². The maximum Gasteiger partial charge on any atom is 0.165 e. The van der Waals surface area contributed by atoms with Crippen molar-refractivity contribution in [2.75, 3.05) is 36.9 Å². The first-order valence-corrected chi connectivity index (χ1v) is 10.5.